The summed E-state index contributed by atoms with van der Waals surface area (Å²) in [6.45, 7) is 2.25. The molecule has 0 radical (unpaired) electrons. The average Bonchev–Trinajstić information content (AvgIpc) is 3.29. The van der Waals surface area contributed by atoms with Gasteiger partial charge in [0, 0.05) is 26.2 Å². The lowest BCUT2D eigenvalue weighted by atomic mass is 10.0. The van der Waals surface area contributed by atoms with E-state index in [4.69, 9.17) is 0 Å². The molecule has 1 fully saturated rings. The summed E-state index contributed by atoms with van der Waals surface area (Å²) >= 11 is 0. The number of piperazine rings is 1. The molecular formula is C22H20N6O2. The van der Waals surface area contributed by atoms with Gasteiger partial charge in [0.2, 0.25) is 5.95 Å². The molecule has 1 N–H and O–H groups in total. The van der Waals surface area contributed by atoms with E-state index in [1.54, 1.807) is 21.7 Å². The Balaban J connectivity index is 1.33. The number of phenolic OH excluding ortho intramolecular Hbond substituents is 1. The summed E-state index contributed by atoms with van der Waals surface area (Å²) in [6.07, 6.45) is 0. The highest BCUT2D eigenvalue weighted by molar-refractivity contribution is 6.01. The molecule has 1 amide bonds. The number of nitrogens with zero attached hydrogens (tertiary/aromatic N) is 6. The van der Waals surface area contributed by atoms with E-state index >= 15 is 0 Å². The SMILES string of the molecule is O=C(c1cc2ccccc2cc1O)N1CCN(c2nnnn2-c2ccccc2)CC1. The molecule has 8 nitrogen and oxygen atoms in total. The molecule has 8 heteroatoms. The van der Waals surface area contributed by atoms with Crippen LogP contribution < -0.4 is 4.90 Å². The third-order valence-electron chi connectivity index (χ3n) is 5.40. The number of phenols is 1. The zero-order valence-corrected chi connectivity index (χ0v) is 16.2. The van der Waals surface area contributed by atoms with Crippen molar-refractivity contribution in [2.45, 2.75) is 0 Å². The third kappa shape index (κ3) is 3.22. The summed E-state index contributed by atoms with van der Waals surface area (Å²) in [4.78, 5) is 16.9. The first-order valence-electron chi connectivity index (χ1n) is 9.80. The van der Waals surface area contributed by atoms with E-state index in [1.165, 1.54) is 0 Å². The van der Waals surface area contributed by atoms with Crippen molar-refractivity contribution in [1.82, 2.24) is 25.1 Å². The van der Waals surface area contributed by atoms with Crippen LogP contribution in [0.3, 0.4) is 0 Å². The van der Waals surface area contributed by atoms with E-state index < -0.39 is 0 Å². The number of rotatable bonds is 3. The first kappa shape index (κ1) is 18.1. The molecule has 1 aliphatic heterocycles. The molecule has 30 heavy (non-hydrogen) atoms. The summed E-state index contributed by atoms with van der Waals surface area (Å²) in [5, 5.41) is 24.3. The van der Waals surface area contributed by atoms with Crippen molar-refractivity contribution in [2.24, 2.45) is 0 Å². The van der Waals surface area contributed by atoms with Crippen LogP contribution in [0.1, 0.15) is 10.4 Å². The van der Waals surface area contributed by atoms with E-state index in [0.717, 1.165) is 16.5 Å². The molecule has 1 saturated heterocycles. The molecule has 1 aliphatic rings. The van der Waals surface area contributed by atoms with E-state index in [2.05, 4.69) is 20.4 Å². The monoisotopic (exact) mass is 400 g/mol. The highest BCUT2D eigenvalue weighted by Crippen LogP contribution is 2.27. The molecule has 2 heterocycles. The number of carbonyl (C=O) groups excluding carboxylic acids is 1. The van der Waals surface area contributed by atoms with Crippen molar-refractivity contribution in [3.05, 3.63) is 72.3 Å². The van der Waals surface area contributed by atoms with Crippen molar-refractivity contribution < 1.29 is 9.90 Å². The Morgan fingerprint density at radius 3 is 2.27 bits per heavy atom. The van der Waals surface area contributed by atoms with Gasteiger partial charge in [0.1, 0.15) is 5.75 Å². The van der Waals surface area contributed by atoms with Gasteiger partial charge in [-0.1, -0.05) is 47.6 Å². The quantitative estimate of drug-likeness (QED) is 0.569. The van der Waals surface area contributed by atoms with Gasteiger partial charge in [-0.05, 0) is 45.5 Å². The Morgan fingerprint density at radius 1 is 0.867 bits per heavy atom. The van der Waals surface area contributed by atoms with Crippen LogP contribution in [0.5, 0.6) is 5.75 Å². The highest BCUT2D eigenvalue weighted by atomic mass is 16.3. The maximum atomic E-state index is 13.0. The van der Waals surface area contributed by atoms with Gasteiger partial charge in [-0.15, -0.1) is 0 Å². The van der Waals surface area contributed by atoms with Crippen LogP contribution in [0.4, 0.5) is 5.95 Å². The maximum Gasteiger partial charge on any atom is 0.257 e. The van der Waals surface area contributed by atoms with Crippen LogP contribution >= 0.6 is 0 Å². The molecule has 0 bridgehead atoms. The second-order valence-electron chi connectivity index (χ2n) is 7.22. The van der Waals surface area contributed by atoms with Crippen molar-refractivity contribution in [3.63, 3.8) is 0 Å². The topological polar surface area (TPSA) is 87.4 Å². The average molecular weight is 400 g/mol. The predicted molar refractivity (Wildman–Crippen MR) is 113 cm³/mol. The number of amides is 1. The van der Waals surface area contributed by atoms with Crippen molar-refractivity contribution in [3.8, 4) is 11.4 Å². The fourth-order valence-electron chi connectivity index (χ4n) is 3.80. The van der Waals surface area contributed by atoms with Gasteiger partial charge in [-0.3, -0.25) is 4.79 Å². The molecule has 5 rings (SSSR count). The van der Waals surface area contributed by atoms with Crippen molar-refractivity contribution in [1.29, 1.82) is 0 Å². The lowest BCUT2D eigenvalue weighted by Crippen LogP contribution is -2.49. The molecule has 0 saturated carbocycles. The fourth-order valence-corrected chi connectivity index (χ4v) is 3.80. The van der Waals surface area contributed by atoms with Gasteiger partial charge in [-0.2, -0.15) is 4.68 Å². The molecule has 4 aromatic rings. The molecule has 3 aromatic carbocycles. The first-order valence-corrected chi connectivity index (χ1v) is 9.80. The Bertz CT molecular complexity index is 1200. The molecular weight excluding hydrogens is 380 g/mol. The molecule has 150 valence electrons. The number of tetrazole rings is 1. The molecule has 0 atom stereocenters. The number of hydrogen-bond acceptors (Lipinski definition) is 6. The second-order valence-corrected chi connectivity index (χ2v) is 7.22. The van der Waals surface area contributed by atoms with Crippen molar-refractivity contribution in [2.75, 3.05) is 31.1 Å². The summed E-state index contributed by atoms with van der Waals surface area (Å²) < 4.78 is 1.70. The van der Waals surface area contributed by atoms with Crippen LogP contribution in [0.25, 0.3) is 16.5 Å². The number of carbonyl (C=O) groups is 1. The van der Waals surface area contributed by atoms with Crippen LogP contribution in [0.15, 0.2) is 66.7 Å². The number of benzene rings is 3. The molecule has 0 aliphatic carbocycles. The second kappa shape index (κ2) is 7.47. The largest absolute Gasteiger partial charge is 0.507 e. The predicted octanol–water partition coefficient (Wildman–Crippen LogP) is 2.48. The highest BCUT2D eigenvalue weighted by Gasteiger charge is 2.27. The zero-order valence-electron chi connectivity index (χ0n) is 16.2. The third-order valence-corrected chi connectivity index (χ3v) is 5.40. The number of aromatic hydroxyl groups is 1. The van der Waals surface area contributed by atoms with E-state index in [-0.39, 0.29) is 11.7 Å². The van der Waals surface area contributed by atoms with Crippen LogP contribution in [-0.2, 0) is 0 Å². The van der Waals surface area contributed by atoms with Gasteiger partial charge in [-0.25, -0.2) is 0 Å². The summed E-state index contributed by atoms with van der Waals surface area (Å²) in [5.41, 5.74) is 1.22. The van der Waals surface area contributed by atoms with Gasteiger partial charge < -0.3 is 14.9 Å². The number of fused-ring (bicyclic) bond motifs is 1. The van der Waals surface area contributed by atoms with Gasteiger partial charge >= 0.3 is 0 Å². The van der Waals surface area contributed by atoms with Gasteiger partial charge in [0.15, 0.2) is 0 Å². The Hall–Kier alpha value is -3.94. The summed E-state index contributed by atoms with van der Waals surface area (Å²) in [5.74, 6) is 0.497. The summed E-state index contributed by atoms with van der Waals surface area (Å²) in [6, 6.07) is 20.8. The Kier molecular flexibility index (Phi) is 4.51. The lowest BCUT2D eigenvalue weighted by Gasteiger charge is -2.35. The smallest absolute Gasteiger partial charge is 0.257 e. The van der Waals surface area contributed by atoms with E-state index in [1.807, 2.05) is 54.6 Å². The minimum Gasteiger partial charge on any atom is -0.507 e. The van der Waals surface area contributed by atoms with Crippen LogP contribution in [0, 0.1) is 0 Å². The number of para-hydroxylation sites is 1. The maximum absolute atomic E-state index is 13.0. The standard InChI is InChI=1S/C22H20N6O2/c29-20-15-17-7-5-4-6-16(17)14-19(20)21(30)26-10-12-27(13-11-26)22-23-24-25-28(22)18-8-2-1-3-9-18/h1-9,14-15,29H,10-13H2. The normalized spacial score (nSPS) is 14.3. The zero-order chi connectivity index (χ0) is 20.5. The number of anilines is 1. The summed E-state index contributed by atoms with van der Waals surface area (Å²) in [7, 11) is 0. The Labute approximate surface area is 173 Å². The van der Waals surface area contributed by atoms with E-state index in [0.29, 0.717) is 37.7 Å². The number of aromatic nitrogens is 4. The molecule has 0 spiro atoms. The van der Waals surface area contributed by atoms with Crippen molar-refractivity contribution >= 4 is 22.6 Å². The van der Waals surface area contributed by atoms with Gasteiger partial charge in [0.25, 0.3) is 5.91 Å². The minimum absolute atomic E-state index is 0.00847. The molecule has 1 aromatic heterocycles. The van der Waals surface area contributed by atoms with Gasteiger partial charge in [0.05, 0.1) is 11.3 Å². The first-order chi connectivity index (χ1) is 14.7. The Morgan fingerprint density at radius 2 is 1.53 bits per heavy atom. The lowest BCUT2D eigenvalue weighted by molar-refractivity contribution is 0.0743. The van der Waals surface area contributed by atoms with E-state index in [9.17, 15) is 9.90 Å². The molecule has 0 unspecified atom stereocenters. The minimum atomic E-state index is -0.166. The van der Waals surface area contributed by atoms with Crippen LogP contribution in [0.2, 0.25) is 0 Å². The van der Waals surface area contributed by atoms with Crippen LogP contribution in [-0.4, -0.2) is 62.3 Å². The fraction of sp³-hybridized carbons (Fsp3) is 0.182. The number of hydrogen-bond donors (Lipinski definition) is 1.